The van der Waals surface area contributed by atoms with E-state index >= 15 is 0 Å². The summed E-state index contributed by atoms with van der Waals surface area (Å²) in [4.78, 5) is 11.9. The predicted octanol–water partition coefficient (Wildman–Crippen LogP) is 11.8. The van der Waals surface area contributed by atoms with E-state index in [4.69, 9.17) is 4.74 Å². The molecule has 1 atom stereocenters. The third kappa shape index (κ3) is 33.3. The van der Waals surface area contributed by atoms with Crippen molar-refractivity contribution in [2.24, 2.45) is 0 Å². The largest absolute Gasteiger partial charge is 0.466 e. The fourth-order valence-corrected chi connectivity index (χ4v) is 5.27. The molecule has 0 radical (unpaired) electrons. The molecule has 232 valence electrons. The molecule has 3 nitrogen and oxygen atoms in total. The molecule has 0 amide bonds. The lowest BCUT2D eigenvalue weighted by molar-refractivity contribution is -0.143. The topological polar surface area (TPSA) is 46.5 Å². The van der Waals surface area contributed by atoms with Crippen LogP contribution < -0.4 is 0 Å². The molecule has 0 aromatic carbocycles. The van der Waals surface area contributed by atoms with Crippen molar-refractivity contribution in [1.82, 2.24) is 0 Å². The second-order valence-corrected chi connectivity index (χ2v) is 12.0. The maximum atomic E-state index is 11.9. The van der Waals surface area contributed by atoms with E-state index in [-0.39, 0.29) is 12.1 Å². The first kappa shape index (κ1) is 38.2. The highest BCUT2D eigenvalue weighted by molar-refractivity contribution is 5.69. The Labute approximate surface area is 245 Å². The minimum absolute atomic E-state index is 0.00727. The van der Waals surface area contributed by atoms with E-state index < -0.39 is 0 Å². The molecule has 3 heteroatoms. The van der Waals surface area contributed by atoms with Crippen molar-refractivity contribution >= 4 is 5.97 Å². The average molecular weight is 551 g/mol. The summed E-state index contributed by atoms with van der Waals surface area (Å²) in [5.41, 5.74) is 0. The van der Waals surface area contributed by atoms with Crippen molar-refractivity contribution < 1.29 is 14.6 Å². The number of aliphatic hydroxyl groups is 1. The van der Waals surface area contributed by atoms with Gasteiger partial charge in [0, 0.05) is 6.42 Å². The number of hydrogen-bond acceptors (Lipinski definition) is 3. The van der Waals surface area contributed by atoms with Gasteiger partial charge in [0.25, 0.3) is 0 Å². The Kier molecular flexibility index (Phi) is 32.7. The summed E-state index contributed by atoms with van der Waals surface area (Å²) in [6.45, 7) is 5.11. The summed E-state index contributed by atoms with van der Waals surface area (Å²) in [5, 5.41) is 9.98. The Hall–Kier alpha value is -0.830. The van der Waals surface area contributed by atoms with Gasteiger partial charge in [-0.3, -0.25) is 4.79 Å². The molecule has 0 aliphatic rings. The lowest BCUT2D eigenvalue weighted by Crippen LogP contribution is -2.05. The van der Waals surface area contributed by atoms with Crippen molar-refractivity contribution in [2.75, 3.05) is 6.61 Å². The van der Waals surface area contributed by atoms with E-state index in [0.29, 0.717) is 13.0 Å². The minimum Gasteiger partial charge on any atom is -0.466 e. The molecule has 0 unspecified atom stereocenters. The van der Waals surface area contributed by atoms with Crippen LogP contribution in [-0.2, 0) is 9.53 Å². The van der Waals surface area contributed by atoms with Crippen molar-refractivity contribution in [3.05, 3.63) is 12.2 Å². The molecule has 0 heterocycles. The normalized spacial score (nSPS) is 12.4. The second-order valence-electron chi connectivity index (χ2n) is 12.0. The van der Waals surface area contributed by atoms with Gasteiger partial charge in [-0.05, 0) is 38.5 Å². The molecule has 0 aliphatic carbocycles. The van der Waals surface area contributed by atoms with Crippen LogP contribution in [0, 0.1) is 0 Å². The van der Waals surface area contributed by atoms with E-state index in [2.05, 4.69) is 26.0 Å². The molecule has 0 aromatic rings. The third-order valence-electron chi connectivity index (χ3n) is 7.98. The molecule has 0 spiro atoms. The maximum absolute atomic E-state index is 11.9. The Morgan fingerprint density at radius 2 is 1.00 bits per heavy atom. The molecule has 0 rings (SSSR count). The van der Waals surface area contributed by atoms with Crippen LogP contribution in [-0.4, -0.2) is 23.8 Å². The average Bonchev–Trinajstić information content (AvgIpc) is 2.93. The summed E-state index contributed by atoms with van der Waals surface area (Å²) in [6, 6.07) is 0. The number of unbranched alkanes of at least 4 members (excludes halogenated alkanes) is 23. The minimum atomic E-state index is -0.165. The smallest absolute Gasteiger partial charge is 0.305 e. The lowest BCUT2D eigenvalue weighted by atomic mass is 10.0. The van der Waals surface area contributed by atoms with E-state index in [1.54, 1.807) is 0 Å². The third-order valence-corrected chi connectivity index (χ3v) is 7.98. The Morgan fingerprint density at radius 1 is 0.564 bits per heavy atom. The van der Waals surface area contributed by atoms with Crippen LogP contribution in [0.4, 0.5) is 0 Å². The van der Waals surface area contributed by atoms with Gasteiger partial charge in [0.15, 0.2) is 0 Å². The number of carbonyl (C=O) groups is 1. The summed E-state index contributed by atoms with van der Waals surface area (Å²) >= 11 is 0. The number of esters is 1. The summed E-state index contributed by atoms with van der Waals surface area (Å²) in [7, 11) is 0. The van der Waals surface area contributed by atoms with Crippen LogP contribution in [0.3, 0.4) is 0 Å². The highest BCUT2D eigenvalue weighted by Gasteiger charge is 2.03. The number of allylic oxidation sites excluding steroid dienone is 1. The Bertz CT molecular complexity index is 502. The molecular weight excluding hydrogens is 480 g/mol. The fraction of sp³-hybridized carbons (Fsp3) is 0.917. The summed E-state index contributed by atoms with van der Waals surface area (Å²) in [5.74, 6) is -0.00727. The molecule has 0 bridgehead atoms. The van der Waals surface area contributed by atoms with Gasteiger partial charge in [0.2, 0.25) is 0 Å². The molecule has 1 N–H and O–H groups in total. The Morgan fingerprint density at radius 3 is 1.54 bits per heavy atom. The number of hydrogen-bond donors (Lipinski definition) is 1. The van der Waals surface area contributed by atoms with E-state index in [1.165, 1.54) is 135 Å². The van der Waals surface area contributed by atoms with E-state index in [1.807, 2.05) is 0 Å². The van der Waals surface area contributed by atoms with Crippen LogP contribution in [0.2, 0.25) is 0 Å². The predicted molar refractivity (Wildman–Crippen MR) is 171 cm³/mol. The van der Waals surface area contributed by atoms with E-state index in [0.717, 1.165) is 44.9 Å². The van der Waals surface area contributed by atoms with Gasteiger partial charge in [0.1, 0.15) is 0 Å². The molecule has 0 saturated carbocycles. The van der Waals surface area contributed by atoms with Crippen LogP contribution >= 0.6 is 0 Å². The molecule has 39 heavy (non-hydrogen) atoms. The van der Waals surface area contributed by atoms with Gasteiger partial charge in [-0.15, -0.1) is 0 Å². The molecular formula is C36H70O3. The number of rotatable bonds is 32. The molecule has 0 aromatic heterocycles. The SMILES string of the molecule is CCCCCCCCCCCCCCCCCCOC(=O)CCCCCCC/C=C/C[C@H](O)CCCCCC. The maximum Gasteiger partial charge on any atom is 0.305 e. The van der Waals surface area contributed by atoms with Gasteiger partial charge < -0.3 is 9.84 Å². The first-order chi connectivity index (χ1) is 19.2. The van der Waals surface area contributed by atoms with Crippen LogP contribution in [0.5, 0.6) is 0 Å². The standard InChI is InChI=1S/C36H70O3/c1-3-5-7-9-10-11-12-13-14-15-16-17-20-23-26-30-34-39-36(38)33-29-25-22-19-18-21-24-28-32-35(37)31-27-8-6-4-2/h24,28,35,37H,3-23,25-27,29-34H2,1-2H3/b28-24+/t35-/m1/s1. The molecule has 0 aliphatic heterocycles. The quantitative estimate of drug-likeness (QED) is 0.0514. The van der Waals surface area contributed by atoms with Crippen LogP contribution in [0.1, 0.15) is 200 Å². The first-order valence-corrected chi connectivity index (χ1v) is 17.7. The zero-order valence-electron chi connectivity index (χ0n) is 26.7. The zero-order valence-corrected chi connectivity index (χ0v) is 26.7. The van der Waals surface area contributed by atoms with Crippen LogP contribution in [0.15, 0.2) is 12.2 Å². The number of aliphatic hydroxyl groups excluding tert-OH is 1. The Balaban J connectivity index is 3.25. The second kappa shape index (κ2) is 33.4. The first-order valence-electron chi connectivity index (χ1n) is 17.7. The van der Waals surface area contributed by atoms with Gasteiger partial charge in [-0.2, -0.15) is 0 Å². The molecule has 0 fully saturated rings. The lowest BCUT2D eigenvalue weighted by Gasteiger charge is -2.07. The zero-order chi connectivity index (χ0) is 28.5. The monoisotopic (exact) mass is 551 g/mol. The van der Waals surface area contributed by atoms with Gasteiger partial charge >= 0.3 is 5.97 Å². The van der Waals surface area contributed by atoms with Crippen molar-refractivity contribution in [3.8, 4) is 0 Å². The number of ether oxygens (including phenoxy) is 1. The van der Waals surface area contributed by atoms with Gasteiger partial charge in [-0.25, -0.2) is 0 Å². The highest BCUT2D eigenvalue weighted by atomic mass is 16.5. The molecule has 0 saturated heterocycles. The summed E-state index contributed by atoms with van der Waals surface area (Å²) < 4.78 is 5.42. The van der Waals surface area contributed by atoms with Crippen molar-refractivity contribution in [2.45, 2.75) is 206 Å². The van der Waals surface area contributed by atoms with Gasteiger partial charge in [0.05, 0.1) is 12.7 Å². The highest BCUT2D eigenvalue weighted by Crippen LogP contribution is 2.14. The summed E-state index contributed by atoms with van der Waals surface area (Å²) in [6.07, 6.45) is 40.1. The fourth-order valence-electron chi connectivity index (χ4n) is 5.27. The van der Waals surface area contributed by atoms with Gasteiger partial charge in [-0.1, -0.05) is 167 Å². The van der Waals surface area contributed by atoms with Crippen molar-refractivity contribution in [1.29, 1.82) is 0 Å². The van der Waals surface area contributed by atoms with E-state index in [9.17, 15) is 9.90 Å². The number of carbonyl (C=O) groups excluding carboxylic acids is 1. The van der Waals surface area contributed by atoms with Crippen molar-refractivity contribution in [3.63, 3.8) is 0 Å². The van der Waals surface area contributed by atoms with Crippen LogP contribution in [0.25, 0.3) is 0 Å².